The minimum absolute atomic E-state index is 0.328. The third kappa shape index (κ3) is 3.16. The molecule has 5 heteroatoms. The van der Waals surface area contributed by atoms with E-state index in [2.05, 4.69) is 9.97 Å². The first-order valence-corrected chi connectivity index (χ1v) is 7.58. The number of rotatable bonds is 5. The zero-order valence-corrected chi connectivity index (χ0v) is 13.1. The van der Waals surface area contributed by atoms with E-state index < -0.39 is 0 Å². The van der Waals surface area contributed by atoms with Crippen molar-refractivity contribution in [1.29, 1.82) is 0 Å². The lowest BCUT2D eigenvalue weighted by molar-refractivity contribution is 0.414. The van der Waals surface area contributed by atoms with Crippen LogP contribution in [0, 0.1) is 0 Å². The Labute approximate surface area is 135 Å². The summed E-state index contributed by atoms with van der Waals surface area (Å²) in [4.78, 5) is 9.22. The zero-order valence-electron chi connectivity index (χ0n) is 13.1. The van der Waals surface area contributed by atoms with E-state index in [1.807, 2.05) is 48.5 Å². The van der Waals surface area contributed by atoms with Gasteiger partial charge in [-0.3, -0.25) is 0 Å². The summed E-state index contributed by atoms with van der Waals surface area (Å²) in [5, 5.41) is 0.969. The maximum absolute atomic E-state index is 6.48. The lowest BCUT2D eigenvalue weighted by Gasteiger charge is -2.15. The van der Waals surface area contributed by atoms with E-state index in [0.29, 0.717) is 13.0 Å². The van der Waals surface area contributed by atoms with Gasteiger partial charge in [-0.25, -0.2) is 9.97 Å². The Morgan fingerprint density at radius 3 is 2.48 bits per heavy atom. The zero-order chi connectivity index (χ0) is 16.2. The third-order valence-electron chi connectivity index (χ3n) is 3.82. The summed E-state index contributed by atoms with van der Waals surface area (Å²) in [6.07, 6.45) is 0.632. The Balaban J connectivity index is 2.08. The van der Waals surface area contributed by atoms with Crippen molar-refractivity contribution in [3.63, 3.8) is 0 Å². The van der Waals surface area contributed by atoms with Gasteiger partial charge in [-0.05, 0) is 30.3 Å². The number of hydrogen-bond donors (Lipinski definition) is 2. The maximum atomic E-state index is 6.48. The van der Waals surface area contributed by atoms with Crippen LogP contribution in [0.3, 0.4) is 0 Å². The number of para-hydroxylation sites is 1. The summed E-state index contributed by atoms with van der Waals surface area (Å²) < 4.78 is 5.20. The molecule has 1 aromatic heterocycles. The average molecular weight is 308 g/mol. The van der Waals surface area contributed by atoms with Crippen LogP contribution in [-0.2, 0) is 6.42 Å². The fraction of sp³-hybridized carbons (Fsp3) is 0.222. The normalized spacial score (nSPS) is 12.3. The molecule has 0 aliphatic carbocycles. The number of fused-ring (bicyclic) bond motifs is 1. The molecule has 0 spiro atoms. The van der Waals surface area contributed by atoms with E-state index >= 15 is 0 Å². The summed E-state index contributed by atoms with van der Waals surface area (Å²) in [5.41, 5.74) is 14.8. The van der Waals surface area contributed by atoms with E-state index in [9.17, 15) is 0 Å². The fourth-order valence-electron chi connectivity index (χ4n) is 2.60. The fourth-order valence-corrected chi connectivity index (χ4v) is 2.60. The molecule has 2 aromatic carbocycles. The molecular formula is C18H20N4O. The number of hydrogen-bond acceptors (Lipinski definition) is 5. The monoisotopic (exact) mass is 308 g/mol. The predicted octanol–water partition coefficient (Wildman–Crippen LogP) is 2.19. The summed E-state index contributed by atoms with van der Waals surface area (Å²) >= 11 is 0. The minimum Gasteiger partial charge on any atom is -0.497 e. The van der Waals surface area contributed by atoms with Crippen LogP contribution in [0.4, 0.5) is 0 Å². The summed E-state index contributed by atoms with van der Waals surface area (Å²) in [6.45, 7) is 0.509. The SMILES string of the molecule is COc1ccc(C(N)c2nc(CCN)nc3ccccc23)cc1. The first kappa shape index (κ1) is 15.4. The van der Waals surface area contributed by atoms with E-state index in [-0.39, 0.29) is 6.04 Å². The van der Waals surface area contributed by atoms with Crippen LogP contribution < -0.4 is 16.2 Å². The number of nitrogens with two attached hydrogens (primary N) is 2. The number of aromatic nitrogens is 2. The summed E-state index contributed by atoms with van der Waals surface area (Å²) in [5.74, 6) is 1.53. The highest BCUT2D eigenvalue weighted by molar-refractivity contribution is 5.81. The quantitative estimate of drug-likeness (QED) is 0.754. The second kappa shape index (κ2) is 6.73. The molecule has 4 N–H and O–H groups in total. The lowest BCUT2D eigenvalue weighted by Crippen LogP contribution is -2.17. The van der Waals surface area contributed by atoms with Gasteiger partial charge in [0, 0.05) is 11.8 Å². The summed E-state index contributed by atoms with van der Waals surface area (Å²) in [6, 6.07) is 15.3. The topological polar surface area (TPSA) is 87.0 Å². The Bertz CT molecular complexity index is 802. The molecule has 118 valence electrons. The molecule has 3 rings (SSSR count). The van der Waals surface area contributed by atoms with Gasteiger partial charge in [-0.2, -0.15) is 0 Å². The van der Waals surface area contributed by atoms with Gasteiger partial charge in [0.2, 0.25) is 0 Å². The second-order valence-corrected chi connectivity index (χ2v) is 5.33. The van der Waals surface area contributed by atoms with Gasteiger partial charge in [-0.1, -0.05) is 30.3 Å². The molecule has 0 fully saturated rings. The van der Waals surface area contributed by atoms with E-state index in [1.165, 1.54) is 0 Å². The molecule has 0 saturated carbocycles. The molecule has 0 aliphatic heterocycles. The molecule has 5 nitrogen and oxygen atoms in total. The van der Waals surface area contributed by atoms with Gasteiger partial charge >= 0.3 is 0 Å². The first-order chi connectivity index (χ1) is 11.2. The highest BCUT2D eigenvalue weighted by Gasteiger charge is 2.16. The number of nitrogens with zero attached hydrogens (tertiary/aromatic N) is 2. The van der Waals surface area contributed by atoms with Crippen molar-refractivity contribution in [2.24, 2.45) is 11.5 Å². The van der Waals surface area contributed by atoms with Crippen LogP contribution in [0.25, 0.3) is 10.9 Å². The van der Waals surface area contributed by atoms with Crippen molar-refractivity contribution in [3.8, 4) is 5.75 Å². The Morgan fingerprint density at radius 2 is 1.78 bits per heavy atom. The van der Waals surface area contributed by atoms with Crippen molar-refractivity contribution in [2.75, 3.05) is 13.7 Å². The molecular weight excluding hydrogens is 288 g/mol. The molecule has 0 radical (unpaired) electrons. The Hall–Kier alpha value is -2.50. The van der Waals surface area contributed by atoms with Crippen molar-refractivity contribution >= 4 is 10.9 Å². The standard InChI is InChI=1S/C18H20N4O/c1-23-13-8-6-12(7-9-13)17(20)18-14-4-2-3-5-15(14)21-16(22-18)10-11-19/h2-9,17H,10-11,19-20H2,1H3. The summed E-state index contributed by atoms with van der Waals surface area (Å²) in [7, 11) is 1.64. The van der Waals surface area contributed by atoms with Crippen LogP contribution in [-0.4, -0.2) is 23.6 Å². The first-order valence-electron chi connectivity index (χ1n) is 7.58. The molecule has 1 heterocycles. The molecule has 0 amide bonds. The minimum atomic E-state index is -0.328. The third-order valence-corrected chi connectivity index (χ3v) is 3.82. The van der Waals surface area contributed by atoms with E-state index in [4.69, 9.17) is 16.2 Å². The van der Waals surface area contributed by atoms with E-state index in [1.54, 1.807) is 7.11 Å². The van der Waals surface area contributed by atoms with Gasteiger partial charge in [-0.15, -0.1) is 0 Å². The highest BCUT2D eigenvalue weighted by atomic mass is 16.5. The lowest BCUT2D eigenvalue weighted by atomic mass is 10.0. The van der Waals surface area contributed by atoms with Gasteiger partial charge in [0.1, 0.15) is 11.6 Å². The van der Waals surface area contributed by atoms with Gasteiger partial charge in [0.15, 0.2) is 0 Å². The van der Waals surface area contributed by atoms with Crippen LogP contribution >= 0.6 is 0 Å². The Kier molecular flexibility index (Phi) is 4.50. The van der Waals surface area contributed by atoms with Crippen molar-refractivity contribution < 1.29 is 4.74 Å². The van der Waals surface area contributed by atoms with Crippen molar-refractivity contribution in [2.45, 2.75) is 12.5 Å². The number of benzene rings is 2. The van der Waals surface area contributed by atoms with Crippen molar-refractivity contribution in [3.05, 3.63) is 65.6 Å². The molecule has 3 aromatic rings. The number of ether oxygens (including phenoxy) is 1. The predicted molar refractivity (Wildman–Crippen MR) is 91.3 cm³/mol. The largest absolute Gasteiger partial charge is 0.497 e. The van der Waals surface area contributed by atoms with Crippen molar-refractivity contribution in [1.82, 2.24) is 9.97 Å². The van der Waals surface area contributed by atoms with Gasteiger partial charge in [0.25, 0.3) is 0 Å². The van der Waals surface area contributed by atoms with Gasteiger partial charge < -0.3 is 16.2 Å². The van der Waals surface area contributed by atoms with Crippen LogP contribution in [0.2, 0.25) is 0 Å². The van der Waals surface area contributed by atoms with E-state index in [0.717, 1.165) is 33.7 Å². The van der Waals surface area contributed by atoms with Gasteiger partial charge in [0.05, 0.1) is 24.4 Å². The smallest absolute Gasteiger partial charge is 0.130 e. The Morgan fingerprint density at radius 1 is 1.04 bits per heavy atom. The average Bonchev–Trinajstić information content (AvgIpc) is 2.61. The molecule has 1 atom stereocenters. The van der Waals surface area contributed by atoms with Crippen LogP contribution in [0.15, 0.2) is 48.5 Å². The molecule has 0 aliphatic rings. The number of methoxy groups -OCH3 is 1. The molecule has 0 saturated heterocycles. The van der Waals surface area contributed by atoms with Crippen LogP contribution in [0.1, 0.15) is 23.1 Å². The maximum Gasteiger partial charge on any atom is 0.130 e. The molecule has 1 unspecified atom stereocenters. The molecule has 23 heavy (non-hydrogen) atoms. The highest BCUT2D eigenvalue weighted by Crippen LogP contribution is 2.26. The molecule has 0 bridgehead atoms. The second-order valence-electron chi connectivity index (χ2n) is 5.33. The van der Waals surface area contributed by atoms with Crippen LogP contribution in [0.5, 0.6) is 5.75 Å².